The molecule has 0 aromatic rings. The van der Waals surface area contributed by atoms with Crippen molar-refractivity contribution in [3.8, 4) is 0 Å². The van der Waals surface area contributed by atoms with Gasteiger partial charge in [-0.1, -0.05) is 19.8 Å². The van der Waals surface area contributed by atoms with Crippen molar-refractivity contribution >= 4 is 11.9 Å². The third-order valence-corrected chi connectivity index (χ3v) is 3.14. The van der Waals surface area contributed by atoms with Gasteiger partial charge in [-0.2, -0.15) is 0 Å². The zero-order valence-corrected chi connectivity index (χ0v) is 9.40. The van der Waals surface area contributed by atoms with Crippen molar-refractivity contribution in [1.82, 2.24) is 4.90 Å². The van der Waals surface area contributed by atoms with Gasteiger partial charge < -0.3 is 10.0 Å². The SMILES string of the molecule is CCCCC(C(=O)O)C1CCN(C)C1=O. The van der Waals surface area contributed by atoms with Crippen molar-refractivity contribution in [2.45, 2.75) is 32.6 Å². The molecule has 0 aromatic carbocycles. The third kappa shape index (κ3) is 2.70. The van der Waals surface area contributed by atoms with E-state index in [2.05, 4.69) is 0 Å². The lowest BCUT2D eigenvalue weighted by molar-refractivity contribution is -0.148. The molecule has 1 rings (SSSR count). The predicted octanol–water partition coefficient (Wildman–Crippen LogP) is 1.36. The van der Waals surface area contributed by atoms with Gasteiger partial charge in [-0.05, 0) is 12.8 Å². The van der Waals surface area contributed by atoms with Gasteiger partial charge in [0.2, 0.25) is 5.91 Å². The number of carboxylic acid groups (broad SMARTS) is 1. The van der Waals surface area contributed by atoms with Gasteiger partial charge in [-0.15, -0.1) is 0 Å². The minimum absolute atomic E-state index is 0.00139. The van der Waals surface area contributed by atoms with E-state index in [1.54, 1.807) is 11.9 Å². The summed E-state index contributed by atoms with van der Waals surface area (Å²) in [6, 6.07) is 0. The molecule has 0 aliphatic carbocycles. The first-order valence-corrected chi connectivity index (χ1v) is 5.55. The molecule has 1 N–H and O–H groups in total. The summed E-state index contributed by atoms with van der Waals surface area (Å²) in [7, 11) is 1.74. The Morgan fingerprint density at radius 3 is 2.73 bits per heavy atom. The Morgan fingerprint density at radius 2 is 2.33 bits per heavy atom. The molecule has 4 heteroatoms. The molecule has 15 heavy (non-hydrogen) atoms. The summed E-state index contributed by atoms with van der Waals surface area (Å²) in [5, 5.41) is 9.09. The molecule has 0 saturated carbocycles. The van der Waals surface area contributed by atoms with Gasteiger partial charge >= 0.3 is 5.97 Å². The number of unbranched alkanes of at least 4 members (excludes halogenated alkanes) is 1. The van der Waals surface area contributed by atoms with E-state index in [1.807, 2.05) is 6.92 Å². The van der Waals surface area contributed by atoms with E-state index in [0.29, 0.717) is 19.4 Å². The molecular weight excluding hydrogens is 194 g/mol. The molecule has 4 nitrogen and oxygen atoms in total. The van der Waals surface area contributed by atoms with E-state index in [-0.39, 0.29) is 11.8 Å². The van der Waals surface area contributed by atoms with Crippen LogP contribution < -0.4 is 0 Å². The number of nitrogens with zero attached hydrogens (tertiary/aromatic N) is 1. The maximum absolute atomic E-state index is 11.7. The van der Waals surface area contributed by atoms with Crippen molar-refractivity contribution in [3.63, 3.8) is 0 Å². The van der Waals surface area contributed by atoms with Crippen LogP contribution in [0.1, 0.15) is 32.6 Å². The molecular formula is C11H19NO3. The third-order valence-electron chi connectivity index (χ3n) is 3.14. The smallest absolute Gasteiger partial charge is 0.307 e. The van der Waals surface area contributed by atoms with Gasteiger partial charge in [0.25, 0.3) is 0 Å². The van der Waals surface area contributed by atoms with Crippen LogP contribution in [0.25, 0.3) is 0 Å². The number of aliphatic carboxylic acids is 1. The van der Waals surface area contributed by atoms with E-state index in [9.17, 15) is 9.59 Å². The molecule has 1 aliphatic heterocycles. The average Bonchev–Trinajstić information content (AvgIpc) is 2.50. The number of carbonyl (C=O) groups excluding carboxylic acids is 1. The highest BCUT2D eigenvalue weighted by molar-refractivity contribution is 5.86. The molecule has 1 heterocycles. The zero-order valence-electron chi connectivity index (χ0n) is 9.40. The van der Waals surface area contributed by atoms with E-state index in [1.165, 1.54) is 0 Å². The lowest BCUT2D eigenvalue weighted by atomic mass is 9.87. The Hall–Kier alpha value is -1.06. The van der Waals surface area contributed by atoms with Crippen LogP contribution in [0.15, 0.2) is 0 Å². The highest BCUT2D eigenvalue weighted by atomic mass is 16.4. The van der Waals surface area contributed by atoms with Crippen molar-refractivity contribution in [2.75, 3.05) is 13.6 Å². The van der Waals surface area contributed by atoms with Crippen LogP contribution in [0.4, 0.5) is 0 Å². The first-order chi connectivity index (χ1) is 7.07. The number of likely N-dealkylation sites (tertiary alicyclic amines) is 1. The van der Waals surface area contributed by atoms with Crippen LogP contribution in [0.3, 0.4) is 0 Å². The second-order valence-corrected chi connectivity index (χ2v) is 4.24. The summed E-state index contributed by atoms with van der Waals surface area (Å²) in [6.45, 7) is 2.72. The number of amides is 1. The molecule has 0 bridgehead atoms. The fraction of sp³-hybridized carbons (Fsp3) is 0.818. The Morgan fingerprint density at radius 1 is 1.67 bits per heavy atom. The second kappa shape index (κ2) is 5.14. The van der Waals surface area contributed by atoms with E-state index < -0.39 is 11.9 Å². The lowest BCUT2D eigenvalue weighted by Crippen LogP contribution is -2.31. The van der Waals surface area contributed by atoms with Gasteiger partial charge in [0.1, 0.15) is 0 Å². The maximum Gasteiger partial charge on any atom is 0.307 e. The quantitative estimate of drug-likeness (QED) is 0.750. The van der Waals surface area contributed by atoms with Gasteiger partial charge in [0.05, 0.1) is 11.8 Å². The Balaban J connectivity index is 2.64. The number of hydrogen-bond acceptors (Lipinski definition) is 2. The Kier molecular flexibility index (Phi) is 4.12. The molecule has 1 fully saturated rings. The monoisotopic (exact) mass is 213 g/mol. The summed E-state index contributed by atoms with van der Waals surface area (Å²) in [4.78, 5) is 24.4. The topological polar surface area (TPSA) is 57.6 Å². The predicted molar refractivity (Wildman–Crippen MR) is 56.4 cm³/mol. The summed E-state index contributed by atoms with van der Waals surface area (Å²) in [6.07, 6.45) is 3.16. The van der Waals surface area contributed by atoms with Crippen LogP contribution in [0.2, 0.25) is 0 Å². The summed E-state index contributed by atoms with van der Waals surface area (Å²) in [5.74, 6) is -1.60. The fourth-order valence-electron chi connectivity index (χ4n) is 2.14. The standard InChI is InChI=1S/C11H19NO3/c1-3-4-5-9(11(14)15)8-6-7-12(2)10(8)13/h8-9H,3-7H2,1-2H3,(H,14,15). The summed E-state index contributed by atoms with van der Waals surface area (Å²) in [5.41, 5.74) is 0. The first kappa shape index (κ1) is 12.0. The zero-order chi connectivity index (χ0) is 11.4. The minimum atomic E-state index is -0.822. The first-order valence-electron chi connectivity index (χ1n) is 5.55. The Bertz CT molecular complexity index is 252. The van der Waals surface area contributed by atoms with Crippen LogP contribution in [-0.2, 0) is 9.59 Å². The van der Waals surface area contributed by atoms with Gasteiger partial charge in [-0.25, -0.2) is 0 Å². The molecule has 0 spiro atoms. The number of hydrogen-bond donors (Lipinski definition) is 1. The lowest BCUT2D eigenvalue weighted by Gasteiger charge is -2.17. The second-order valence-electron chi connectivity index (χ2n) is 4.24. The van der Waals surface area contributed by atoms with E-state index >= 15 is 0 Å². The molecule has 0 radical (unpaired) electrons. The molecule has 86 valence electrons. The highest BCUT2D eigenvalue weighted by Gasteiger charge is 2.38. The molecule has 1 saturated heterocycles. The fourth-order valence-corrected chi connectivity index (χ4v) is 2.14. The number of rotatable bonds is 5. The highest BCUT2D eigenvalue weighted by Crippen LogP contribution is 2.28. The number of carboxylic acids is 1. The van der Waals surface area contributed by atoms with Gasteiger partial charge in [-0.3, -0.25) is 9.59 Å². The van der Waals surface area contributed by atoms with Crippen molar-refractivity contribution in [3.05, 3.63) is 0 Å². The molecule has 2 atom stereocenters. The molecule has 2 unspecified atom stereocenters. The maximum atomic E-state index is 11.7. The van der Waals surface area contributed by atoms with Crippen molar-refractivity contribution in [1.29, 1.82) is 0 Å². The number of carbonyl (C=O) groups is 2. The van der Waals surface area contributed by atoms with Crippen LogP contribution in [-0.4, -0.2) is 35.5 Å². The van der Waals surface area contributed by atoms with Crippen LogP contribution in [0.5, 0.6) is 0 Å². The summed E-state index contributed by atoms with van der Waals surface area (Å²) < 4.78 is 0. The van der Waals surface area contributed by atoms with Crippen molar-refractivity contribution < 1.29 is 14.7 Å². The largest absolute Gasteiger partial charge is 0.481 e. The molecule has 1 aliphatic rings. The average molecular weight is 213 g/mol. The van der Waals surface area contributed by atoms with Crippen molar-refractivity contribution in [2.24, 2.45) is 11.8 Å². The summed E-state index contributed by atoms with van der Waals surface area (Å²) >= 11 is 0. The van der Waals surface area contributed by atoms with Gasteiger partial charge in [0.15, 0.2) is 0 Å². The van der Waals surface area contributed by atoms with Crippen LogP contribution in [0, 0.1) is 11.8 Å². The van der Waals surface area contributed by atoms with E-state index in [0.717, 1.165) is 12.8 Å². The normalized spacial score (nSPS) is 23.2. The minimum Gasteiger partial charge on any atom is -0.481 e. The van der Waals surface area contributed by atoms with Gasteiger partial charge in [0, 0.05) is 13.6 Å². The van der Waals surface area contributed by atoms with Crippen LogP contribution >= 0.6 is 0 Å². The Labute approximate surface area is 90.3 Å². The molecule has 0 aromatic heterocycles. The van der Waals surface area contributed by atoms with E-state index in [4.69, 9.17) is 5.11 Å². The molecule has 1 amide bonds.